The lowest BCUT2D eigenvalue weighted by Gasteiger charge is -2.25. The number of nitrogens with zero attached hydrogens (tertiary/aromatic N) is 1. The highest BCUT2D eigenvalue weighted by Gasteiger charge is 2.20. The van der Waals surface area contributed by atoms with E-state index in [0.29, 0.717) is 9.21 Å². The minimum absolute atomic E-state index is 0.00461. The Morgan fingerprint density at radius 2 is 1.84 bits per heavy atom. The van der Waals surface area contributed by atoms with Gasteiger partial charge in [-0.2, -0.15) is 0 Å². The number of benzene rings is 1. The first kappa shape index (κ1) is 14.1. The maximum atomic E-state index is 12.3. The monoisotopic (exact) mass is 293 g/mol. The van der Waals surface area contributed by atoms with Gasteiger partial charge in [-0.1, -0.05) is 41.4 Å². The molecule has 0 aliphatic rings. The summed E-state index contributed by atoms with van der Waals surface area (Å²) >= 11 is 7.18. The lowest BCUT2D eigenvalue weighted by Crippen LogP contribution is -2.29. The first-order chi connectivity index (χ1) is 8.99. The third kappa shape index (κ3) is 3.17. The quantitative estimate of drug-likeness (QED) is 0.813. The first-order valence-electron chi connectivity index (χ1n) is 6.08. The number of hydrogen-bond donors (Lipinski definition) is 0. The van der Waals surface area contributed by atoms with E-state index >= 15 is 0 Å². The molecule has 1 amide bonds. The second kappa shape index (κ2) is 5.76. The zero-order valence-electron chi connectivity index (χ0n) is 11.2. The first-order valence-corrected chi connectivity index (χ1v) is 7.27. The van der Waals surface area contributed by atoms with E-state index in [9.17, 15) is 4.79 Å². The Hall–Kier alpha value is -1.32. The molecule has 0 aliphatic carbocycles. The van der Waals surface area contributed by atoms with Gasteiger partial charge in [0.05, 0.1) is 15.3 Å². The normalized spacial score (nSPS) is 12.2. The van der Waals surface area contributed by atoms with Crippen LogP contribution in [0.5, 0.6) is 0 Å². The molecule has 0 spiro atoms. The number of carbonyl (C=O) groups excluding carboxylic acids is 1. The van der Waals surface area contributed by atoms with Crippen molar-refractivity contribution in [2.45, 2.75) is 19.9 Å². The molecule has 1 aromatic heterocycles. The minimum Gasteiger partial charge on any atom is -0.334 e. The van der Waals surface area contributed by atoms with Gasteiger partial charge in [0.2, 0.25) is 0 Å². The van der Waals surface area contributed by atoms with Gasteiger partial charge in [0.25, 0.3) is 5.91 Å². The van der Waals surface area contributed by atoms with Crippen LogP contribution >= 0.6 is 22.9 Å². The van der Waals surface area contributed by atoms with Gasteiger partial charge in [0.15, 0.2) is 0 Å². The number of carbonyl (C=O) groups is 1. The Balaban J connectivity index is 2.16. The van der Waals surface area contributed by atoms with Gasteiger partial charge in [-0.3, -0.25) is 4.79 Å². The third-order valence-electron chi connectivity index (χ3n) is 3.25. The molecule has 2 aromatic rings. The molecule has 0 N–H and O–H groups in total. The highest BCUT2D eigenvalue weighted by atomic mass is 35.5. The van der Waals surface area contributed by atoms with Gasteiger partial charge < -0.3 is 4.90 Å². The van der Waals surface area contributed by atoms with Crippen LogP contribution in [0.1, 0.15) is 33.8 Å². The van der Waals surface area contributed by atoms with Gasteiger partial charge in [-0.25, -0.2) is 0 Å². The molecule has 1 atom stereocenters. The summed E-state index contributed by atoms with van der Waals surface area (Å²) in [4.78, 5) is 14.7. The molecule has 0 bridgehead atoms. The molecular weight excluding hydrogens is 278 g/mol. The fraction of sp³-hybridized carbons (Fsp3) is 0.267. The highest BCUT2D eigenvalue weighted by Crippen LogP contribution is 2.26. The van der Waals surface area contributed by atoms with Crippen molar-refractivity contribution < 1.29 is 4.79 Å². The van der Waals surface area contributed by atoms with Crippen molar-refractivity contribution in [1.29, 1.82) is 0 Å². The van der Waals surface area contributed by atoms with Gasteiger partial charge in [0, 0.05) is 7.05 Å². The Labute approximate surface area is 122 Å². The molecule has 1 unspecified atom stereocenters. The summed E-state index contributed by atoms with van der Waals surface area (Å²) in [7, 11) is 1.82. The van der Waals surface area contributed by atoms with Gasteiger partial charge >= 0.3 is 0 Å². The molecule has 100 valence electrons. The summed E-state index contributed by atoms with van der Waals surface area (Å²) in [5, 5.41) is 0. The molecule has 4 heteroatoms. The molecule has 0 saturated carbocycles. The van der Waals surface area contributed by atoms with E-state index in [1.807, 2.05) is 14.0 Å². The second-order valence-corrected chi connectivity index (χ2v) is 6.32. The number of aryl methyl sites for hydroxylation is 1. The molecule has 1 aromatic carbocycles. The summed E-state index contributed by atoms with van der Waals surface area (Å²) in [5.74, 6) is 0.00461. The largest absolute Gasteiger partial charge is 0.334 e. The molecule has 0 saturated heterocycles. The van der Waals surface area contributed by atoms with Crippen LogP contribution in [0.2, 0.25) is 4.34 Å². The summed E-state index contributed by atoms with van der Waals surface area (Å²) in [5.41, 5.74) is 2.35. The molecule has 19 heavy (non-hydrogen) atoms. The van der Waals surface area contributed by atoms with Gasteiger partial charge in [-0.15, -0.1) is 11.3 Å². The van der Waals surface area contributed by atoms with E-state index in [4.69, 9.17) is 11.6 Å². The van der Waals surface area contributed by atoms with Crippen LogP contribution in [0.25, 0.3) is 0 Å². The number of hydrogen-bond acceptors (Lipinski definition) is 2. The topological polar surface area (TPSA) is 20.3 Å². The molecule has 2 nitrogen and oxygen atoms in total. The Morgan fingerprint density at radius 1 is 1.21 bits per heavy atom. The molecule has 0 aliphatic heterocycles. The van der Waals surface area contributed by atoms with Crippen molar-refractivity contribution in [2.24, 2.45) is 0 Å². The van der Waals surface area contributed by atoms with Crippen LogP contribution in [0.15, 0.2) is 36.4 Å². The maximum absolute atomic E-state index is 12.3. The number of rotatable bonds is 3. The smallest absolute Gasteiger partial charge is 0.264 e. The van der Waals surface area contributed by atoms with E-state index in [0.717, 1.165) is 5.56 Å². The lowest BCUT2D eigenvalue weighted by molar-refractivity contribution is 0.0747. The molecule has 2 rings (SSSR count). The van der Waals surface area contributed by atoms with Crippen molar-refractivity contribution in [3.8, 4) is 0 Å². The zero-order chi connectivity index (χ0) is 14.0. The number of thiophene rings is 1. The van der Waals surface area contributed by atoms with Crippen molar-refractivity contribution in [1.82, 2.24) is 4.90 Å². The van der Waals surface area contributed by atoms with Crippen LogP contribution in [-0.4, -0.2) is 17.9 Å². The molecular formula is C15H16ClNOS. The van der Waals surface area contributed by atoms with Crippen molar-refractivity contribution >= 4 is 28.8 Å². The number of amides is 1. The summed E-state index contributed by atoms with van der Waals surface area (Å²) in [6, 6.07) is 11.8. The Morgan fingerprint density at radius 3 is 2.37 bits per heavy atom. The predicted molar refractivity (Wildman–Crippen MR) is 81.0 cm³/mol. The fourth-order valence-electron chi connectivity index (χ4n) is 1.85. The van der Waals surface area contributed by atoms with E-state index in [2.05, 4.69) is 31.2 Å². The van der Waals surface area contributed by atoms with Crippen LogP contribution < -0.4 is 0 Å². The standard InChI is InChI=1S/C15H16ClNOS/c1-10-4-6-12(7-5-10)11(2)17(3)15(18)13-8-9-14(16)19-13/h4-9,11H,1-3H3. The SMILES string of the molecule is Cc1ccc(C(C)N(C)C(=O)c2ccc(Cl)s2)cc1. The second-order valence-electron chi connectivity index (χ2n) is 4.61. The highest BCUT2D eigenvalue weighted by molar-refractivity contribution is 7.17. The average molecular weight is 294 g/mol. The van der Waals surface area contributed by atoms with Crippen molar-refractivity contribution in [3.05, 3.63) is 56.7 Å². The summed E-state index contributed by atoms with van der Waals surface area (Å²) in [6.45, 7) is 4.08. The Bertz CT molecular complexity index is 576. The minimum atomic E-state index is 0.00461. The van der Waals surface area contributed by atoms with Gasteiger partial charge in [0.1, 0.15) is 0 Å². The fourth-order valence-corrected chi connectivity index (χ4v) is 2.87. The van der Waals surface area contributed by atoms with Crippen molar-refractivity contribution in [3.63, 3.8) is 0 Å². The van der Waals surface area contributed by atoms with Crippen LogP contribution in [0.4, 0.5) is 0 Å². The van der Waals surface area contributed by atoms with Crippen LogP contribution in [0, 0.1) is 6.92 Å². The number of halogens is 1. The van der Waals surface area contributed by atoms with Crippen molar-refractivity contribution in [2.75, 3.05) is 7.05 Å². The molecule has 0 radical (unpaired) electrons. The predicted octanol–water partition coefficient (Wildman–Crippen LogP) is 4.54. The molecule has 1 heterocycles. The maximum Gasteiger partial charge on any atom is 0.264 e. The average Bonchev–Trinajstić information content (AvgIpc) is 2.84. The van der Waals surface area contributed by atoms with E-state index < -0.39 is 0 Å². The van der Waals surface area contributed by atoms with E-state index in [1.165, 1.54) is 16.9 Å². The Kier molecular flexibility index (Phi) is 4.27. The van der Waals surface area contributed by atoms with Crippen LogP contribution in [-0.2, 0) is 0 Å². The van der Waals surface area contributed by atoms with E-state index in [1.54, 1.807) is 17.0 Å². The summed E-state index contributed by atoms with van der Waals surface area (Å²) < 4.78 is 0.639. The van der Waals surface area contributed by atoms with Crippen LogP contribution in [0.3, 0.4) is 0 Å². The van der Waals surface area contributed by atoms with E-state index in [-0.39, 0.29) is 11.9 Å². The van der Waals surface area contributed by atoms with Gasteiger partial charge in [-0.05, 0) is 31.5 Å². The zero-order valence-corrected chi connectivity index (χ0v) is 12.8. The third-order valence-corrected chi connectivity index (χ3v) is 4.46. The summed E-state index contributed by atoms with van der Waals surface area (Å²) in [6.07, 6.45) is 0. The lowest BCUT2D eigenvalue weighted by atomic mass is 10.1. The molecule has 0 fully saturated rings.